The molecule has 0 radical (unpaired) electrons. The minimum Gasteiger partial charge on any atom is -0.322 e. The molecule has 0 aliphatic rings. The number of pyridine rings is 1. The summed E-state index contributed by atoms with van der Waals surface area (Å²) < 4.78 is 0. The number of carbonyl (C=O) groups is 1. The predicted molar refractivity (Wildman–Crippen MR) is 84.7 cm³/mol. The molecule has 0 spiro atoms. The lowest BCUT2D eigenvalue weighted by Gasteiger charge is -2.06. The Hall–Kier alpha value is -2.79. The van der Waals surface area contributed by atoms with Gasteiger partial charge in [0.1, 0.15) is 6.33 Å². The maximum absolute atomic E-state index is 12.2. The third-order valence-corrected chi connectivity index (χ3v) is 3.20. The van der Waals surface area contributed by atoms with E-state index in [1.54, 1.807) is 48.8 Å². The van der Waals surface area contributed by atoms with Crippen LogP contribution < -0.4 is 5.32 Å². The third-order valence-electron chi connectivity index (χ3n) is 2.96. The van der Waals surface area contributed by atoms with Crippen LogP contribution in [0.1, 0.15) is 10.4 Å². The second kappa shape index (κ2) is 6.32. The first-order chi connectivity index (χ1) is 10.7. The third kappa shape index (κ3) is 3.27. The van der Waals surface area contributed by atoms with Crippen LogP contribution in [-0.4, -0.2) is 20.9 Å². The van der Waals surface area contributed by atoms with Crippen LogP contribution in [-0.2, 0) is 0 Å². The van der Waals surface area contributed by atoms with Crippen LogP contribution in [0.15, 0.2) is 61.3 Å². The summed E-state index contributed by atoms with van der Waals surface area (Å²) in [5.41, 5.74) is 2.60. The fourth-order valence-electron chi connectivity index (χ4n) is 1.90. The molecule has 2 aromatic heterocycles. The average Bonchev–Trinajstić information content (AvgIpc) is 2.56. The first kappa shape index (κ1) is 14.2. The van der Waals surface area contributed by atoms with E-state index >= 15 is 0 Å². The molecule has 0 saturated heterocycles. The molecule has 1 aromatic carbocycles. The zero-order chi connectivity index (χ0) is 15.4. The molecule has 6 heteroatoms. The number of rotatable bonds is 3. The Labute approximate surface area is 132 Å². The van der Waals surface area contributed by atoms with Crippen molar-refractivity contribution >= 4 is 23.2 Å². The van der Waals surface area contributed by atoms with Crippen LogP contribution in [0.3, 0.4) is 0 Å². The maximum Gasteiger partial charge on any atom is 0.257 e. The van der Waals surface area contributed by atoms with E-state index in [2.05, 4.69) is 20.3 Å². The number of benzene rings is 1. The van der Waals surface area contributed by atoms with E-state index in [0.717, 1.165) is 5.56 Å². The van der Waals surface area contributed by atoms with Gasteiger partial charge < -0.3 is 5.32 Å². The number of hydrogen-bond acceptors (Lipinski definition) is 4. The second-order valence-corrected chi connectivity index (χ2v) is 4.96. The molecular formula is C16H11ClN4O. The zero-order valence-corrected chi connectivity index (χ0v) is 12.2. The standard InChI is InChI=1S/C16H11ClN4O/c17-13-2-1-3-14(6-13)21-16(22)11-4-5-15(20-9-11)12-7-18-10-19-8-12/h1-10H,(H,21,22). The van der Waals surface area contributed by atoms with Gasteiger partial charge >= 0.3 is 0 Å². The van der Waals surface area contributed by atoms with Gasteiger partial charge in [-0.15, -0.1) is 0 Å². The molecule has 3 aromatic rings. The molecule has 1 amide bonds. The van der Waals surface area contributed by atoms with Crippen LogP contribution in [0.2, 0.25) is 5.02 Å². The van der Waals surface area contributed by atoms with Gasteiger partial charge in [-0.2, -0.15) is 0 Å². The largest absolute Gasteiger partial charge is 0.322 e. The highest BCUT2D eigenvalue weighted by atomic mass is 35.5. The second-order valence-electron chi connectivity index (χ2n) is 4.52. The number of aromatic nitrogens is 3. The Bertz CT molecular complexity index is 791. The molecule has 0 unspecified atom stereocenters. The van der Waals surface area contributed by atoms with Crippen molar-refractivity contribution in [2.24, 2.45) is 0 Å². The number of halogens is 1. The Morgan fingerprint density at radius 3 is 2.55 bits per heavy atom. The van der Waals surface area contributed by atoms with Crippen molar-refractivity contribution in [2.45, 2.75) is 0 Å². The van der Waals surface area contributed by atoms with Crippen LogP contribution in [0.25, 0.3) is 11.3 Å². The van der Waals surface area contributed by atoms with E-state index in [-0.39, 0.29) is 5.91 Å². The number of amides is 1. The number of carbonyl (C=O) groups excluding carboxylic acids is 1. The number of anilines is 1. The minimum absolute atomic E-state index is 0.245. The van der Waals surface area contributed by atoms with Gasteiger partial charge in [0.15, 0.2) is 0 Å². The summed E-state index contributed by atoms with van der Waals surface area (Å²) in [5, 5.41) is 3.34. The summed E-state index contributed by atoms with van der Waals surface area (Å²) in [7, 11) is 0. The molecule has 3 rings (SSSR count). The van der Waals surface area contributed by atoms with Crippen LogP contribution in [0.4, 0.5) is 5.69 Å². The van der Waals surface area contributed by atoms with Crippen molar-refractivity contribution in [3.8, 4) is 11.3 Å². The number of nitrogens with one attached hydrogen (secondary N) is 1. The molecule has 108 valence electrons. The van der Waals surface area contributed by atoms with Gasteiger partial charge in [0.2, 0.25) is 0 Å². The summed E-state index contributed by atoms with van der Waals surface area (Å²) in [4.78, 5) is 24.3. The highest BCUT2D eigenvalue weighted by Crippen LogP contribution is 2.17. The van der Waals surface area contributed by atoms with Gasteiger partial charge in [0.25, 0.3) is 5.91 Å². The summed E-state index contributed by atoms with van der Waals surface area (Å²) >= 11 is 5.89. The summed E-state index contributed by atoms with van der Waals surface area (Å²) in [6.07, 6.45) is 6.31. The topological polar surface area (TPSA) is 67.8 Å². The van der Waals surface area contributed by atoms with Gasteiger partial charge in [-0.05, 0) is 30.3 Å². The van der Waals surface area contributed by atoms with Gasteiger partial charge in [-0.1, -0.05) is 17.7 Å². The normalized spacial score (nSPS) is 10.2. The van der Waals surface area contributed by atoms with Crippen molar-refractivity contribution in [3.63, 3.8) is 0 Å². The molecule has 2 heterocycles. The molecule has 0 aliphatic heterocycles. The number of hydrogen-bond donors (Lipinski definition) is 1. The van der Waals surface area contributed by atoms with Crippen molar-refractivity contribution in [1.82, 2.24) is 15.0 Å². The smallest absolute Gasteiger partial charge is 0.257 e. The van der Waals surface area contributed by atoms with Crippen LogP contribution in [0.5, 0.6) is 0 Å². The predicted octanol–water partition coefficient (Wildman–Crippen LogP) is 3.44. The Morgan fingerprint density at radius 1 is 1.05 bits per heavy atom. The van der Waals surface area contributed by atoms with Gasteiger partial charge in [-0.3, -0.25) is 9.78 Å². The Morgan fingerprint density at radius 2 is 1.86 bits per heavy atom. The fraction of sp³-hybridized carbons (Fsp3) is 0. The van der Waals surface area contributed by atoms with Crippen LogP contribution >= 0.6 is 11.6 Å². The molecule has 22 heavy (non-hydrogen) atoms. The Kier molecular flexibility index (Phi) is 4.07. The quantitative estimate of drug-likeness (QED) is 0.804. The van der Waals surface area contributed by atoms with E-state index < -0.39 is 0 Å². The molecule has 0 bridgehead atoms. The van der Waals surface area contributed by atoms with E-state index in [4.69, 9.17) is 11.6 Å². The van der Waals surface area contributed by atoms with Crippen molar-refractivity contribution < 1.29 is 4.79 Å². The highest BCUT2D eigenvalue weighted by Gasteiger charge is 2.08. The molecule has 1 N–H and O–H groups in total. The number of nitrogens with zero attached hydrogens (tertiary/aromatic N) is 3. The van der Waals surface area contributed by atoms with E-state index in [9.17, 15) is 4.79 Å². The van der Waals surface area contributed by atoms with Crippen LogP contribution in [0, 0.1) is 0 Å². The lowest BCUT2D eigenvalue weighted by atomic mass is 10.2. The molecule has 0 fully saturated rings. The van der Waals surface area contributed by atoms with E-state index in [1.807, 2.05) is 0 Å². The SMILES string of the molecule is O=C(Nc1cccc(Cl)c1)c1ccc(-c2cncnc2)nc1. The lowest BCUT2D eigenvalue weighted by Crippen LogP contribution is -2.12. The van der Waals surface area contributed by atoms with E-state index in [1.165, 1.54) is 12.5 Å². The summed E-state index contributed by atoms with van der Waals surface area (Å²) in [6.45, 7) is 0. The maximum atomic E-state index is 12.2. The zero-order valence-electron chi connectivity index (χ0n) is 11.4. The summed E-state index contributed by atoms with van der Waals surface area (Å²) in [5.74, 6) is -0.245. The molecule has 0 saturated carbocycles. The molecule has 0 atom stereocenters. The monoisotopic (exact) mass is 310 g/mol. The van der Waals surface area contributed by atoms with Crippen molar-refractivity contribution in [1.29, 1.82) is 0 Å². The molecule has 0 aliphatic carbocycles. The Balaban J connectivity index is 1.76. The van der Waals surface area contributed by atoms with Crippen molar-refractivity contribution in [3.05, 3.63) is 71.9 Å². The molecular weight excluding hydrogens is 300 g/mol. The highest BCUT2D eigenvalue weighted by molar-refractivity contribution is 6.30. The van der Waals surface area contributed by atoms with Gasteiger partial charge in [0.05, 0.1) is 11.3 Å². The fourth-order valence-corrected chi connectivity index (χ4v) is 2.09. The van der Waals surface area contributed by atoms with Crippen molar-refractivity contribution in [2.75, 3.05) is 5.32 Å². The average molecular weight is 311 g/mol. The molecule has 5 nitrogen and oxygen atoms in total. The summed E-state index contributed by atoms with van der Waals surface area (Å²) in [6, 6.07) is 10.4. The van der Waals surface area contributed by atoms with E-state index in [0.29, 0.717) is 22.0 Å². The lowest BCUT2D eigenvalue weighted by molar-refractivity contribution is 0.102. The first-order valence-corrected chi connectivity index (χ1v) is 6.88. The minimum atomic E-state index is -0.245. The first-order valence-electron chi connectivity index (χ1n) is 6.51. The van der Waals surface area contributed by atoms with Gasteiger partial charge in [-0.25, -0.2) is 9.97 Å². The van der Waals surface area contributed by atoms with Gasteiger partial charge in [0, 0.05) is 34.9 Å².